The van der Waals surface area contributed by atoms with Crippen LogP contribution in [0, 0.1) is 5.92 Å². The van der Waals surface area contributed by atoms with Crippen molar-refractivity contribution in [3.8, 4) is 0 Å². The largest absolute Gasteiger partial charge is 0.383 e. The minimum absolute atomic E-state index is 0.143. The van der Waals surface area contributed by atoms with Crippen LogP contribution >= 0.6 is 0 Å². The highest BCUT2D eigenvalue weighted by Crippen LogP contribution is 2.40. The lowest BCUT2D eigenvalue weighted by molar-refractivity contribution is 0.0747. The van der Waals surface area contributed by atoms with Gasteiger partial charge < -0.3 is 10.5 Å². The highest BCUT2D eigenvalue weighted by Gasteiger charge is 2.40. The van der Waals surface area contributed by atoms with E-state index >= 15 is 0 Å². The molecule has 110 valence electrons. The third kappa shape index (κ3) is 2.62. The molecule has 3 atom stereocenters. The van der Waals surface area contributed by atoms with Crippen LogP contribution in [-0.2, 0) is 11.2 Å². The van der Waals surface area contributed by atoms with Gasteiger partial charge in [0.1, 0.15) is 0 Å². The second kappa shape index (κ2) is 5.84. The number of methoxy groups -OCH3 is 1. The maximum atomic E-state index is 6.54. The molecule has 2 aliphatic carbocycles. The molecule has 3 nitrogen and oxygen atoms in total. The summed E-state index contributed by atoms with van der Waals surface area (Å²) < 4.78 is 5.31. The second-order valence-electron chi connectivity index (χ2n) is 6.30. The summed E-state index contributed by atoms with van der Waals surface area (Å²) in [7, 11) is 1.78. The van der Waals surface area contributed by atoms with Crippen LogP contribution in [0.2, 0.25) is 0 Å². The van der Waals surface area contributed by atoms with Crippen molar-refractivity contribution in [1.82, 2.24) is 4.90 Å². The summed E-state index contributed by atoms with van der Waals surface area (Å²) in [6, 6.07) is 9.84. The predicted molar refractivity (Wildman–Crippen MR) is 81.6 cm³/mol. The van der Waals surface area contributed by atoms with Crippen molar-refractivity contribution >= 4 is 0 Å². The zero-order valence-corrected chi connectivity index (χ0v) is 12.6. The first-order valence-electron chi connectivity index (χ1n) is 7.80. The van der Waals surface area contributed by atoms with E-state index in [-0.39, 0.29) is 6.04 Å². The van der Waals surface area contributed by atoms with Gasteiger partial charge in [-0.25, -0.2) is 0 Å². The molecule has 2 aliphatic rings. The van der Waals surface area contributed by atoms with E-state index in [2.05, 4.69) is 36.1 Å². The monoisotopic (exact) mass is 274 g/mol. The Hall–Kier alpha value is -0.900. The van der Waals surface area contributed by atoms with E-state index in [1.807, 2.05) is 0 Å². The van der Waals surface area contributed by atoms with Crippen LogP contribution in [-0.4, -0.2) is 37.2 Å². The van der Waals surface area contributed by atoms with Crippen LogP contribution in [0.25, 0.3) is 0 Å². The van der Waals surface area contributed by atoms with Crippen molar-refractivity contribution in [2.75, 3.05) is 20.3 Å². The maximum Gasteiger partial charge on any atom is 0.0589 e. The van der Waals surface area contributed by atoms with Crippen molar-refractivity contribution < 1.29 is 4.74 Å². The van der Waals surface area contributed by atoms with Gasteiger partial charge in [0.15, 0.2) is 0 Å². The van der Waals surface area contributed by atoms with Gasteiger partial charge in [0.25, 0.3) is 0 Å². The van der Waals surface area contributed by atoms with Gasteiger partial charge in [-0.05, 0) is 43.2 Å². The Kier molecular flexibility index (Phi) is 4.11. The van der Waals surface area contributed by atoms with Crippen LogP contribution in [0.15, 0.2) is 24.3 Å². The number of fused-ring (bicyclic) bond motifs is 1. The summed E-state index contributed by atoms with van der Waals surface area (Å²) in [5.74, 6) is 0.864. The van der Waals surface area contributed by atoms with E-state index in [4.69, 9.17) is 10.5 Å². The fourth-order valence-electron chi connectivity index (χ4n) is 3.65. The molecule has 1 aromatic carbocycles. The lowest BCUT2D eigenvalue weighted by Gasteiger charge is -2.36. The van der Waals surface area contributed by atoms with Gasteiger partial charge in [-0.2, -0.15) is 0 Å². The number of hydrogen-bond acceptors (Lipinski definition) is 3. The van der Waals surface area contributed by atoms with Gasteiger partial charge >= 0.3 is 0 Å². The van der Waals surface area contributed by atoms with E-state index in [0.717, 1.165) is 25.5 Å². The topological polar surface area (TPSA) is 38.5 Å². The van der Waals surface area contributed by atoms with E-state index in [1.54, 1.807) is 7.11 Å². The highest BCUT2D eigenvalue weighted by molar-refractivity contribution is 5.37. The number of nitrogens with two attached hydrogens (primary N) is 1. The number of hydrogen-bond donors (Lipinski definition) is 1. The minimum atomic E-state index is 0.143. The zero-order valence-electron chi connectivity index (χ0n) is 12.6. The third-order valence-corrected chi connectivity index (χ3v) is 5.06. The molecular weight excluding hydrogens is 248 g/mol. The molecule has 0 amide bonds. The smallest absolute Gasteiger partial charge is 0.0589 e. The minimum Gasteiger partial charge on any atom is -0.383 e. The molecule has 0 saturated heterocycles. The van der Waals surface area contributed by atoms with Crippen molar-refractivity contribution in [2.45, 2.75) is 44.3 Å². The highest BCUT2D eigenvalue weighted by atomic mass is 16.5. The lowest BCUT2D eigenvalue weighted by Crippen LogP contribution is -2.48. The molecule has 1 fully saturated rings. The summed E-state index contributed by atoms with van der Waals surface area (Å²) in [6.07, 6.45) is 3.83. The summed E-state index contributed by atoms with van der Waals surface area (Å²) in [4.78, 5) is 2.60. The first kappa shape index (κ1) is 14.1. The summed E-state index contributed by atoms with van der Waals surface area (Å²) >= 11 is 0. The molecule has 0 aromatic heterocycles. The molecule has 0 spiro atoms. The maximum absolute atomic E-state index is 6.54. The molecule has 3 unspecified atom stereocenters. The van der Waals surface area contributed by atoms with Gasteiger partial charge in [0.2, 0.25) is 0 Å². The fourth-order valence-corrected chi connectivity index (χ4v) is 3.65. The molecule has 0 radical (unpaired) electrons. The first-order chi connectivity index (χ1) is 9.72. The van der Waals surface area contributed by atoms with Crippen LogP contribution in [0.3, 0.4) is 0 Å². The standard InChI is InChI=1S/C17H26N2O/c1-12(13-7-8-13)19(9-10-20-2)16-11-14-5-3-4-6-15(14)17(16)18/h3-6,12-13,16-17H,7-11,18H2,1-2H3. The third-order valence-electron chi connectivity index (χ3n) is 5.06. The van der Waals surface area contributed by atoms with Crippen molar-refractivity contribution in [3.63, 3.8) is 0 Å². The van der Waals surface area contributed by atoms with Crippen LogP contribution in [0.5, 0.6) is 0 Å². The molecule has 3 rings (SSSR count). The number of nitrogens with zero attached hydrogens (tertiary/aromatic N) is 1. The molecule has 2 N–H and O–H groups in total. The van der Waals surface area contributed by atoms with Crippen molar-refractivity contribution in [2.24, 2.45) is 11.7 Å². The molecule has 0 aliphatic heterocycles. The molecule has 1 aromatic rings. The van der Waals surface area contributed by atoms with Gasteiger partial charge in [-0.15, -0.1) is 0 Å². The Balaban J connectivity index is 1.78. The fraction of sp³-hybridized carbons (Fsp3) is 0.647. The van der Waals surface area contributed by atoms with Gasteiger partial charge in [-0.3, -0.25) is 4.90 Å². The Morgan fingerprint density at radius 3 is 2.75 bits per heavy atom. The summed E-state index contributed by atoms with van der Waals surface area (Å²) in [6.45, 7) is 4.14. The van der Waals surface area contributed by atoms with Gasteiger partial charge in [0.05, 0.1) is 6.61 Å². The van der Waals surface area contributed by atoms with Gasteiger partial charge in [0, 0.05) is 31.8 Å². The SMILES string of the molecule is COCCN(C(C)C1CC1)C1Cc2ccccc2C1N. The van der Waals surface area contributed by atoms with E-state index in [0.29, 0.717) is 12.1 Å². The Morgan fingerprint density at radius 2 is 2.10 bits per heavy atom. The molecule has 1 saturated carbocycles. The lowest BCUT2D eigenvalue weighted by atomic mass is 10.0. The summed E-state index contributed by atoms with van der Waals surface area (Å²) in [5, 5.41) is 0. The molecule has 3 heteroatoms. The van der Waals surface area contributed by atoms with Crippen molar-refractivity contribution in [1.29, 1.82) is 0 Å². The van der Waals surface area contributed by atoms with Crippen LogP contribution in [0.1, 0.15) is 36.9 Å². The molecular formula is C17H26N2O. The average Bonchev–Trinajstić information content (AvgIpc) is 3.26. The van der Waals surface area contributed by atoms with E-state index < -0.39 is 0 Å². The predicted octanol–water partition coefficient (Wildman–Crippen LogP) is 2.36. The first-order valence-corrected chi connectivity index (χ1v) is 7.80. The Morgan fingerprint density at radius 1 is 1.35 bits per heavy atom. The Labute approximate surface area is 122 Å². The van der Waals surface area contributed by atoms with E-state index in [9.17, 15) is 0 Å². The average molecular weight is 274 g/mol. The molecule has 0 bridgehead atoms. The zero-order chi connectivity index (χ0) is 14.1. The number of ether oxygens (including phenoxy) is 1. The molecule has 0 heterocycles. The second-order valence-corrected chi connectivity index (χ2v) is 6.30. The summed E-state index contributed by atoms with van der Waals surface area (Å²) in [5.41, 5.74) is 9.30. The quantitative estimate of drug-likeness (QED) is 0.865. The van der Waals surface area contributed by atoms with Crippen LogP contribution in [0.4, 0.5) is 0 Å². The normalized spacial score (nSPS) is 26.8. The van der Waals surface area contributed by atoms with Crippen molar-refractivity contribution in [3.05, 3.63) is 35.4 Å². The molecule has 20 heavy (non-hydrogen) atoms. The number of benzene rings is 1. The van der Waals surface area contributed by atoms with Crippen LogP contribution < -0.4 is 5.73 Å². The van der Waals surface area contributed by atoms with Gasteiger partial charge in [-0.1, -0.05) is 24.3 Å². The number of rotatable bonds is 6. The van der Waals surface area contributed by atoms with E-state index in [1.165, 1.54) is 24.0 Å². The Bertz CT molecular complexity index is 458.